The van der Waals surface area contributed by atoms with Gasteiger partial charge >= 0.3 is 0 Å². The molecule has 0 bridgehead atoms. The summed E-state index contributed by atoms with van der Waals surface area (Å²) in [6.07, 6.45) is 7.06. The van der Waals surface area contributed by atoms with Crippen molar-refractivity contribution in [1.29, 1.82) is 0 Å². The van der Waals surface area contributed by atoms with Crippen molar-refractivity contribution in [1.82, 2.24) is 0 Å². The molecule has 2 aromatic rings. The molecule has 2 aromatic carbocycles. The van der Waals surface area contributed by atoms with Crippen LogP contribution in [0.4, 0.5) is 8.78 Å². The van der Waals surface area contributed by atoms with Crippen molar-refractivity contribution in [2.45, 2.75) is 58.3 Å². The largest absolute Gasteiger partial charge is 0.494 e. The lowest BCUT2D eigenvalue weighted by Crippen LogP contribution is -2.32. The highest BCUT2D eigenvalue weighted by Gasteiger charge is 2.36. The lowest BCUT2D eigenvalue weighted by atomic mass is 9.64. The summed E-state index contributed by atoms with van der Waals surface area (Å²) in [5.74, 6) is 1.40. The molecular formula is C27H34F2O3. The van der Waals surface area contributed by atoms with Gasteiger partial charge in [-0.2, -0.15) is 8.78 Å². The maximum Gasteiger partial charge on any atom is 0.204 e. The van der Waals surface area contributed by atoms with E-state index in [4.69, 9.17) is 14.2 Å². The summed E-state index contributed by atoms with van der Waals surface area (Å²) in [6, 6.07) is 11.5. The fraction of sp³-hybridized carbons (Fsp3) is 0.556. The Balaban J connectivity index is 1.29. The molecule has 2 aliphatic carbocycles. The molecule has 3 nitrogen and oxygen atoms in total. The number of ether oxygens (including phenoxy) is 3. The van der Waals surface area contributed by atoms with Gasteiger partial charge in [0.25, 0.3) is 0 Å². The Morgan fingerprint density at radius 1 is 0.719 bits per heavy atom. The zero-order chi connectivity index (χ0) is 22.5. The van der Waals surface area contributed by atoms with Gasteiger partial charge in [0, 0.05) is 0 Å². The lowest BCUT2D eigenvalue weighted by molar-refractivity contribution is 0.0901. The van der Waals surface area contributed by atoms with Crippen molar-refractivity contribution < 1.29 is 23.0 Å². The minimum atomic E-state index is -0.972. The molecule has 0 amide bonds. The molecule has 0 N–H and O–H groups in total. The second-order valence-corrected chi connectivity index (χ2v) is 9.15. The minimum Gasteiger partial charge on any atom is -0.494 e. The Kier molecular flexibility index (Phi) is 7.54. The molecule has 4 unspecified atom stereocenters. The summed E-state index contributed by atoms with van der Waals surface area (Å²) in [5.41, 5.74) is 1.42. The molecule has 0 radical (unpaired) electrons. The Morgan fingerprint density at radius 3 is 2.03 bits per heavy atom. The van der Waals surface area contributed by atoms with E-state index < -0.39 is 11.6 Å². The van der Waals surface area contributed by atoms with E-state index in [1.165, 1.54) is 43.4 Å². The summed E-state index contributed by atoms with van der Waals surface area (Å²) in [5, 5.41) is 0. The van der Waals surface area contributed by atoms with Crippen molar-refractivity contribution in [2.75, 3.05) is 19.8 Å². The second-order valence-electron chi connectivity index (χ2n) is 9.15. The highest BCUT2D eigenvalue weighted by molar-refractivity contribution is 5.35. The van der Waals surface area contributed by atoms with Crippen LogP contribution in [0.1, 0.15) is 63.9 Å². The predicted octanol–water partition coefficient (Wildman–Crippen LogP) is 7.14. The van der Waals surface area contributed by atoms with Gasteiger partial charge in [0.15, 0.2) is 11.5 Å². The predicted molar refractivity (Wildman–Crippen MR) is 122 cm³/mol. The van der Waals surface area contributed by atoms with Gasteiger partial charge in [0.05, 0.1) is 19.8 Å². The summed E-state index contributed by atoms with van der Waals surface area (Å²) in [6.45, 7) is 5.17. The molecule has 0 aliphatic heterocycles. The van der Waals surface area contributed by atoms with E-state index in [0.29, 0.717) is 37.6 Å². The van der Waals surface area contributed by atoms with Crippen LogP contribution in [0.3, 0.4) is 0 Å². The molecule has 5 heteroatoms. The Labute approximate surface area is 190 Å². The molecule has 174 valence electrons. The van der Waals surface area contributed by atoms with Gasteiger partial charge < -0.3 is 14.2 Å². The standard InChI is InChI=1S/C27H34F2O3/c1-3-30-23-11-9-19(10-12-23)21-8-7-20-15-18(5-6-22(20)16-21)17-32-25-14-13-24(31-4-2)26(28)27(25)29/h9-14,18,20-22H,3-8,15-17H2,1-2H3. The Morgan fingerprint density at radius 2 is 1.34 bits per heavy atom. The molecule has 0 saturated heterocycles. The molecule has 0 heterocycles. The summed E-state index contributed by atoms with van der Waals surface area (Å²) in [4.78, 5) is 0. The zero-order valence-corrected chi connectivity index (χ0v) is 19.1. The SMILES string of the molecule is CCOc1ccc(C2CCC3CC(COc4ccc(OCC)c(F)c4F)CCC3C2)cc1. The summed E-state index contributed by atoms with van der Waals surface area (Å²) < 4.78 is 44.8. The van der Waals surface area contributed by atoms with Gasteiger partial charge in [-0.25, -0.2) is 0 Å². The van der Waals surface area contributed by atoms with Gasteiger partial charge in [-0.3, -0.25) is 0 Å². The minimum absolute atomic E-state index is 0.0210. The summed E-state index contributed by atoms with van der Waals surface area (Å²) >= 11 is 0. The number of hydrogen-bond acceptors (Lipinski definition) is 3. The average molecular weight is 445 g/mol. The fourth-order valence-corrected chi connectivity index (χ4v) is 5.54. The van der Waals surface area contributed by atoms with Crippen LogP contribution < -0.4 is 14.2 Å². The smallest absolute Gasteiger partial charge is 0.204 e. The normalized spacial score (nSPS) is 25.1. The van der Waals surface area contributed by atoms with Gasteiger partial charge in [-0.05, 0) is 106 Å². The molecular weight excluding hydrogens is 410 g/mol. The van der Waals surface area contributed by atoms with Crippen LogP contribution >= 0.6 is 0 Å². The number of fused-ring (bicyclic) bond motifs is 1. The van der Waals surface area contributed by atoms with E-state index >= 15 is 0 Å². The molecule has 32 heavy (non-hydrogen) atoms. The first-order valence-electron chi connectivity index (χ1n) is 12.0. The van der Waals surface area contributed by atoms with Crippen molar-refractivity contribution in [3.05, 3.63) is 53.6 Å². The third-order valence-electron chi connectivity index (χ3n) is 7.17. The fourth-order valence-electron chi connectivity index (χ4n) is 5.54. The van der Waals surface area contributed by atoms with Crippen LogP contribution in [0.25, 0.3) is 0 Å². The second kappa shape index (κ2) is 10.5. The first-order valence-corrected chi connectivity index (χ1v) is 12.0. The first-order chi connectivity index (χ1) is 15.6. The van der Waals surface area contributed by atoms with Gasteiger partial charge in [-0.1, -0.05) is 12.1 Å². The average Bonchev–Trinajstić information content (AvgIpc) is 2.82. The molecule has 0 spiro atoms. The van der Waals surface area contributed by atoms with Crippen molar-refractivity contribution in [3.8, 4) is 17.2 Å². The molecule has 2 saturated carbocycles. The molecule has 0 aromatic heterocycles. The maximum atomic E-state index is 14.3. The van der Waals surface area contributed by atoms with Crippen molar-refractivity contribution in [3.63, 3.8) is 0 Å². The number of halogens is 2. The Bertz CT molecular complexity index is 883. The monoisotopic (exact) mass is 444 g/mol. The van der Waals surface area contributed by atoms with Crippen LogP contribution in [-0.4, -0.2) is 19.8 Å². The third kappa shape index (κ3) is 5.19. The van der Waals surface area contributed by atoms with Crippen LogP contribution in [0.5, 0.6) is 17.2 Å². The topological polar surface area (TPSA) is 27.7 Å². The highest BCUT2D eigenvalue weighted by Crippen LogP contribution is 2.47. The van der Waals surface area contributed by atoms with Crippen LogP contribution in [0.2, 0.25) is 0 Å². The van der Waals surface area contributed by atoms with E-state index in [2.05, 4.69) is 24.3 Å². The van der Waals surface area contributed by atoms with Crippen LogP contribution in [0, 0.1) is 29.4 Å². The lowest BCUT2D eigenvalue weighted by Gasteiger charge is -2.42. The maximum absolute atomic E-state index is 14.3. The third-order valence-corrected chi connectivity index (χ3v) is 7.17. The number of benzene rings is 2. The molecule has 2 aliphatic rings. The zero-order valence-electron chi connectivity index (χ0n) is 19.1. The van der Waals surface area contributed by atoms with Crippen LogP contribution in [-0.2, 0) is 0 Å². The molecule has 4 atom stereocenters. The van der Waals surface area contributed by atoms with Gasteiger partial charge in [0.1, 0.15) is 5.75 Å². The van der Waals surface area contributed by atoms with Crippen molar-refractivity contribution in [2.24, 2.45) is 17.8 Å². The van der Waals surface area contributed by atoms with Crippen molar-refractivity contribution >= 4 is 0 Å². The van der Waals surface area contributed by atoms with Gasteiger partial charge in [-0.15, -0.1) is 0 Å². The summed E-state index contributed by atoms with van der Waals surface area (Å²) in [7, 11) is 0. The van der Waals surface area contributed by atoms with E-state index in [0.717, 1.165) is 24.5 Å². The highest BCUT2D eigenvalue weighted by atomic mass is 19.2. The van der Waals surface area contributed by atoms with Crippen LogP contribution in [0.15, 0.2) is 36.4 Å². The molecule has 4 rings (SSSR count). The van der Waals surface area contributed by atoms with Gasteiger partial charge in [0.2, 0.25) is 11.6 Å². The number of hydrogen-bond donors (Lipinski definition) is 0. The molecule has 2 fully saturated rings. The van der Waals surface area contributed by atoms with E-state index in [9.17, 15) is 8.78 Å². The first kappa shape index (κ1) is 22.9. The quantitative estimate of drug-likeness (QED) is 0.433. The Hall–Kier alpha value is -2.30. The van der Waals surface area contributed by atoms with E-state index in [-0.39, 0.29) is 11.5 Å². The number of rotatable bonds is 8. The van der Waals surface area contributed by atoms with E-state index in [1.54, 1.807) is 6.92 Å². The van der Waals surface area contributed by atoms with E-state index in [1.807, 2.05) is 6.92 Å².